The minimum Gasteiger partial charge on any atom is -0.390 e. The molecule has 1 heterocycles. The highest BCUT2D eigenvalue weighted by atomic mass is 16.3. The summed E-state index contributed by atoms with van der Waals surface area (Å²) < 4.78 is 0. The molecule has 3 nitrogen and oxygen atoms in total. The van der Waals surface area contributed by atoms with Gasteiger partial charge in [0.05, 0.1) is 12.1 Å². The van der Waals surface area contributed by atoms with Crippen molar-refractivity contribution in [3.05, 3.63) is 90.0 Å². The summed E-state index contributed by atoms with van der Waals surface area (Å²) in [5.41, 5.74) is 2.59. The Morgan fingerprint density at radius 3 is 2.28 bits per heavy atom. The van der Waals surface area contributed by atoms with Crippen molar-refractivity contribution >= 4 is 11.4 Å². The molecule has 1 saturated heterocycles. The zero-order valence-corrected chi connectivity index (χ0v) is 18.9. The Hall–Kier alpha value is -2.49. The molecule has 166 valence electrons. The van der Waals surface area contributed by atoms with Gasteiger partial charge in [-0.15, -0.1) is 0 Å². The summed E-state index contributed by atoms with van der Waals surface area (Å²) in [6.45, 7) is 4.44. The molecule has 3 aliphatic rings. The first-order valence-electron chi connectivity index (χ1n) is 11.9. The number of ketones is 1. The van der Waals surface area contributed by atoms with Crippen LogP contribution < -0.4 is 0 Å². The molecule has 2 fully saturated rings. The molecule has 0 bridgehead atoms. The fourth-order valence-corrected chi connectivity index (χ4v) is 6.12. The number of carbonyl (C=O) groups excluding carboxylic acids is 1. The van der Waals surface area contributed by atoms with Gasteiger partial charge in [-0.3, -0.25) is 9.69 Å². The maximum Gasteiger partial charge on any atom is 0.156 e. The number of hydrogen-bond acceptors (Lipinski definition) is 3. The fraction of sp³-hybridized carbons (Fsp3) is 0.414. The monoisotopic (exact) mass is 427 g/mol. The van der Waals surface area contributed by atoms with Gasteiger partial charge >= 0.3 is 0 Å². The number of likely N-dealkylation sites (tertiary alicyclic amines) is 1. The molecule has 2 aromatic carbocycles. The molecule has 0 amide bonds. The molecule has 1 saturated carbocycles. The quantitative estimate of drug-likeness (QED) is 0.711. The van der Waals surface area contributed by atoms with E-state index in [4.69, 9.17) is 0 Å². The van der Waals surface area contributed by atoms with Crippen LogP contribution in [-0.4, -0.2) is 41.0 Å². The van der Waals surface area contributed by atoms with Crippen molar-refractivity contribution in [2.24, 2.45) is 17.3 Å². The van der Waals surface area contributed by atoms with Crippen molar-refractivity contribution < 1.29 is 9.90 Å². The molecular weight excluding hydrogens is 394 g/mol. The number of benzene rings is 2. The maximum absolute atomic E-state index is 13.4. The Kier molecular flexibility index (Phi) is 5.65. The molecule has 32 heavy (non-hydrogen) atoms. The number of hydrogen-bond donors (Lipinski definition) is 1. The number of fused-ring (bicyclic) bond motifs is 1. The van der Waals surface area contributed by atoms with Crippen LogP contribution in [0.3, 0.4) is 0 Å². The molecule has 0 radical (unpaired) electrons. The molecule has 0 aromatic heterocycles. The predicted molar refractivity (Wildman–Crippen MR) is 129 cm³/mol. The van der Waals surface area contributed by atoms with E-state index in [-0.39, 0.29) is 0 Å². The molecule has 2 aromatic rings. The van der Waals surface area contributed by atoms with Crippen LogP contribution >= 0.6 is 0 Å². The van der Waals surface area contributed by atoms with Crippen LogP contribution in [0.5, 0.6) is 0 Å². The van der Waals surface area contributed by atoms with Crippen molar-refractivity contribution in [1.29, 1.82) is 0 Å². The largest absolute Gasteiger partial charge is 0.390 e. The van der Waals surface area contributed by atoms with Gasteiger partial charge in [0.25, 0.3) is 0 Å². The highest BCUT2D eigenvalue weighted by molar-refractivity contribution is 5.91. The minimum atomic E-state index is -0.597. The van der Waals surface area contributed by atoms with Crippen LogP contribution in [-0.2, 0) is 11.2 Å². The van der Waals surface area contributed by atoms with Crippen LogP contribution in [0.2, 0.25) is 0 Å². The van der Waals surface area contributed by atoms with Gasteiger partial charge in [-0.2, -0.15) is 0 Å². The maximum atomic E-state index is 13.4. The topological polar surface area (TPSA) is 40.5 Å². The Bertz CT molecular complexity index is 1010. The number of aliphatic hydroxyl groups is 1. The Morgan fingerprint density at radius 1 is 1.00 bits per heavy atom. The van der Waals surface area contributed by atoms with Crippen molar-refractivity contribution in [3.63, 3.8) is 0 Å². The Morgan fingerprint density at radius 2 is 1.62 bits per heavy atom. The summed E-state index contributed by atoms with van der Waals surface area (Å²) in [7, 11) is 0. The second kappa shape index (κ2) is 8.46. The van der Waals surface area contributed by atoms with E-state index in [9.17, 15) is 9.90 Å². The van der Waals surface area contributed by atoms with Gasteiger partial charge in [0.1, 0.15) is 0 Å². The predicted octanol–water partition coefficient (Wildman–Crippen LogP) is 4.92. The van der Waals surface area contributed by atoms with E-state index in [1.54, 1.807) is 0 Å². The number of allylic oxidation sites excluding steroid dienone is 4. The van der Waals surface area contributed by atoms with Gasteiger partial charge in [-0.25, -0.2) is 0 Å². The van der Waals surface area contributed by atoms with E-state index in [1.807, 2.05) is 30.3 Å². The van der Waals surface area contributed by atoms with Gasteiger partial charge in [0.2, 0.25) is 0 Å². The lowest BCUT2D eigenvalue weighted by atomic mass is 9.75. The lowest BCUT2D eigenvalue weighted by Crippen LogP contribution is -2.39. The SMILES string of the molecule is CC1(C(=O)CN2C[C@@H]3C[C@](O)(Cc4ccccc4)C[C@@H]3C2)C=CC=C(c2ccccc2)C1. The average molecular weight is 428 g/mol. The molecule has 4 atom stereocenters. The lowest BCUT2D eigenvalue weighted by Gasteiger charge is -2.31. The summed E-state index contributed by atoms with van der Waals surface area (Å²) in [5.74, 6) is 1.28. The second-order valence-electron chi connectivity index (χ2n) is 10.4. The summed E-state index contributed by atoms with van der Waals surface area (Å²) in [6.07, 6.45) is 9.44. The summed E-state index contributed by atoms with van der Waals surface area (Å²) in [5, 5.41) is 11.2. The first-order chi connectivity index (χ1) is 15.4. The summed E-state index contributed by atoms with van der Waals surface area (Å²) >= 11 is 0. The average Bonchev–Trinajstić information content (AvgIpc) is 3.28. The van der Waals surface area contributed by atoms with Crippen LogP contribution in [0.15, 0.2) is 78.9 Å². The first kappa shape index (κ1) is 21.4. The minimum absolute atomic E-state index is 0.301. The second-order valence-corrected chi connectivity index (χ2v) is 10.4. The van der Waals surface area contributed by atoms with E-state index in [1.165, 1.54) is 16.7 Å². The molecule has 1 aliphatic heterocycles. The molecular formula is C29H33NO2. The van der Waals surface area contributed by atoms with Gasteiger partial charge in [0, 0.05) is 24.9 Å². The highest BCUT2D eigenvalue weighted by Crippen LogP contribution is 2.46. The van der Waals surface area contributed by atoms with E-state index < -0.39 is 11.0 Å². The number of rotatable bonds is 6. The van der Waals surface area contributed by atoms with Crippen molar-refractivity contribution in [3.8, 4) is 0 Å². The van der Waals surface area contributed by atoms with E-state index >= 15 is 0 Å². The van der Waals surface area contributed by atoms with Gasteiger partial charge < -0.3 is 5.11 Å². The Balaban J connectivity index is 1.18. The van der Waals surface area contributed by atoms with E-state index in [0.717, 1.165) is 38.8 Å². The van der Waals surface area contributed by atoms with Crippen LogP contribution in [0, 0.1) is 17.3 Å². The fourth-order valence-electron chi connectivity index (χ4n) is 6.12. The molecule has 3 heteroatoms. The number of Topliss-reactive ketones (excluding diaryl/α,β-unsaturated/α-hetero) is 1. The highest BCUT2D eigenvalue weighted by Gasteiger charge is 2.48. The van der Waals surface area contributed by atoms with Gasteiger partial charge in [-0.05, 0) is 54.7 Å². The van der Waals surface area contributed by atoms with Crippen LogP contribution in [0.1, 0.15) is 37.3 Å². The molecule has 1 N–H and O–H groups in total. The summed E-state index contributed by atoms with van der Waals surface area (Å²) in [4.78, 5) is 15.7. The third-order valence-corrected chi connectivity index (χ3v) is 7.78. The normalized spacial score (nSPS) is 32.0. The standard InChI is InChI=1S/C29H33NO2/c1-28(14-8-13-24(16-28)23-11-6-3-7-12-23)27(31)21-30-19-25-17-29(32,18-26(25)20-30)15-22-9-4-2-5-10-22/h2-14,25-26,32H,15-21H2,1H3/t25-,26+,28?,29+. The van der Waals surface area contributed by atoms with Crippen molar-refractivity contribution in [1.82, 2.24) is 4.90 Å². The van der Waals surface area contributed by atoms with Crippen LogP contribution in [0.4, 0.5) is 0 Å². The number of nitrogens with zero attached hydrogens (tertiary/aromatic N) is 1. The van der Waals surface area contributed by atoms with Gasteiger partial charge in [0.15, 0.2) is 5.78 Å². The molecule has 5 rings (SSSR count). The Labute approximate surface area is 191 Å². The lowest BCUT2D eigenvalue weighted by molar-refractivity contribution is -0.126. The van der Waals surface area contributed by atoms with Crippen molar-refractivity contribution in [2.45, 2.75) is 38.2 Å². The zero-order chi connectivity index (χ0) is 22.2. The van der Waals surface area contributed by atoms with E-state index in [2.05, 4.69) is 60.4 Å². The van der Waals surface area contributed by atoms with Crippen molar-refractivity contribution in [2.75, 3.05) is 19.6 Å². The number of carbonyl (C=O) groups is 1. The zero-order valence-electron chi connectivity index (χ0n) is 18.9. The molecule has 1 unspecified atom stereocenters. The molecule has 0 spiro atoms. The van der Waals surface area contributed by atoms with Crippen LogP contribution in [0.25, 0.3) is 5.57 Å². The smallest absolute Gasteiger partial charge is 0.156 e. The summed E-state index contributed by atoms with van der Waals surface area (Å²) in [6, 6.07) is 20.7. The van der Waals surface area contributed by atoms with E-state index in [0.29, 0.717) is 24.2 Å². The molecule has 2 aliphatic carbocycles. The van der Waals surface area contributed by atoms with Gasteiger partial charge in [-0.1, -0.05) is 78.9 Å². The third kappa shape index (κ3) is 4.37. The first-order valence-corrected chi connectivity index (χ1v) is 11.9. The third-order valence-electron chi connectivity index (χ3n) is 7.78.